The molecule has 7 heteroatoms. The quantitative estimate of drug-likeness (QED) is 0.690. The van der Waals surface area contributed by atoms with Gasteiger partial charge in [-0.3, -0.25) is 4.79 Å². The minimum Gasteiger partial charge on any atom is -0.354 e. The van der Waals surface area contributed by atoms with E-state index in [2.05, 4.69) is 38.4 Å². The Labute approximate surface area is 170 Å². The minimum absolute atomic E-state index is 0.0116. The maximum Gasteiger partial charge on any atom is 0.231 e. The molecule has 148 valence electrons. The van der Waals surface area contributed by atoms with Crippen molar-refractivity contribution in [3.05, 3.63) is 60.4 Å². The fourth-order valence-corrected chi connectivity index (χ4v) is 4.38. The van der Waals surface area contributed by atoms with Crippen LogP contribution in [0.2, 0.25) is 0 Å². The Morgan fingerprint density at radius 1 is 0.966 bits per heavy atom. The van der Waals surface area contributed by atoms with Gasteiger partial charge in [0, 0.05) is 37.7 Å². The summed E-state index contributed by atoms with van der Waals surface area (Å²) >= 11 is 0. The number of piperidine rings is 1. The van der Waals surface area contributed by atoms with Crippen molar-refractivity contribution in [3.8, 4) is 5.82 Å². The first-order valence-corrected chi connectivity index (χ1v) is 10.3. The molecule has 0 saturated carbocycles. The molecule has 29 heavy (non-hydrogen) atoms. The fraction of sp³-hybridized carbons (Fsp3) is 0.364. The number of carbonyl (C=O) groups excluding carboxylic acids is 1. The minimum atomic E-state index is -0.0116. The molecule has 0 radical (unpaired) electrons. The highest BCUT2D eigenvalue weighted by Crippen LogP contribution is 2.30. The van der Waals surface area contributed by atoms with Crippen molar-refractivity contribution in [2.45, 2.75) is 25.7 Å². The van der Waals surface area contributed by atoms with E-state index in [9.17, 15) is 4.79 Å². The molecule has 1 fully saturated rings. The molecule has 0 spiro atoms. The number of para-hydroxylation sites is 1. The molecular weight excluding hydrogens is 364 g/mol. The van der Waals surface area contributed by atoms with Crippen molar-refractivity contribution in [1.82, 2.24) is 20.0 Å². The van der Waals surface area contributed by atoms with E-state index < -0.39 is 0 Å². The lowest BCUT2D eigenvalue weighted by atomic mass is 9.94. The van der Waals surface area contributed by atoms with Crippen LogP contribution in [0.5, 0.6) is 0 Å². The number of hydrogen-bond donors (Lipinski definition) is 0. The van der Waals surface area contributed by atoms with Gasteiger partial charge in [-0.2, -0.15) is 5.10 Å². The number of rotatable bonds is 3. The molecule has 1 amide bonds. The Morgan fingerprint density at radius 2 is 1.83 bits per heavy atom. The van der Waals surface area contributed by atoms with Gasteiger partial charge in [-0.1, -0.05) is 18.2 Å². The summed E-state index contributed by atoms with van der Waals surface area (Å²) in [4.78, 5) is 17.5. The number of amides is 1. The normalized spacial score (nSPS) is 19.1. The zero-order chi connectivity index (χ0) is 19.6. The standard InChI is InChI=1S/C22H24N6O/c29-22(27-14-4-7-17-6-1-2-9-19(17)27)18-8-3-13-26(16-18)20-10-11-21(25-24-20)28-15-5-12-23-28/h1-2,5-6,9-12,15,18H,3-4,7-8,13-14,16H2. The van der Waals surface area contributed by atoms with Gasteiger partial charge in [0.2, 0.25) is 5.91 Å². The maximum atomic E-state index is 13.4. The van der Waals surface area contributed by atoms with Gasteiger partial charge in [-0.25, -0.2) is 4.68 Å². The lowest BCUT2D eigenvalue weighted by Crippen LogP contribution is -2.46. The topological polar surface area (TPSA) is 67.2 Å². The first-order chi connectivity index (χ1) is 14.3. The van der Waals surface area contributed by atoms with E-state index in [-0.39, 0.29) is 11.8 Å². The average Bonchev–Trinajstić information content (AvgIpc) is 3.33. The molecule has 3 aromatic rings. The predicted octanol–water partition coefficient (Wildman–Crippen LogP) is 2.86. The van der Waals surface area contributed by atoms with Crippen molar-refractivity contribution in [2.24, 2.45) is 5.92 Å². The molecule has 0 N–H and O–H groups in total. The van der Waals surface area contributed by atoms with E-state index in [0.29, 0.717) is 12.4 Å². The second-order valence-electron chi connectivity index (χ2n) is 7.71. The van der Waals surface area contributed by atoms with E-state index in [1.165, 1.54) is 5.56 Å². The lowest BCUT2D eigenvalue weighted by molar-refractivity contribution is -0.122. The summed E-state index contributed by atoms with van der Waals surface area (Å²) in [6.07, 6.45) is 7.54. The summed E-state index contributed by atoms with van der Waals surface area (Å²) in [5.41, 5.74) is 2.36. The third kappa shape index (κ3) is 3.48. The van der Waals surface area contributed by atoms with Crippen LogP contribution >= 0.6 is 0 Å². The smallest absolute Gasteiger partial charge is 0.231 e. The largest absolute Gasteiger partial charge is 0.354 e. The summed E-state index contributed by atoms with van der Waals surface area (Å²) in [5.74, 6) is 1.73. The van der Waals surface area contributed by atoms with Crippen LogP contribution in [0.3, 0.4) is 0 Å². The molecule has 7 nitrogen and oxygen atoms in total. The Morgan fingerprint density at radius 3 is 2.66 bits per heavy atom. The van der Waals surface area contributed by atoms with Crippen LogP contribution < -0.4 is 9.80 Å². The average molecular weight is 388 g/mol. The number of carbonyl (C=O) groups is 1. The van der Waals surface area contributed by atoms with Gasteiger partial charge < -0.3 is 9.80 Å². The first kappa shape index (κ1) is 17.8. The zero-order valence-electron chi connectivity index (χ0n) is 16.3. The molecule has 2 aliphatic rings. The Balaban J connectivity index is 1.31. The van der Waals surface area contributed by atoms with E-state index in [4.69, 9.17) is 0 Å². The number of fused-ring (bicyclic) bond motifs is 1. The number of benzene rings is 1. The van der Waals surface area contributed by atoms with Gasteiger partial charge >= 0.3 is 0 Å². The van der Waals surface area contributed by atoms with Crippen LogP contribution in [0.4, 0.5) is 11.5 Å². The number of hydrogen-bond acceptors (Lipinski definition) is 5. The van der Waals surface area contributed by atoms with Crippen molar-refractivity contribution in [3.63, 3.8) is 0 Å². The van der Waals surface area contributed by atoms with Crippen molar-refractivity contribution < 1.29 is 4.79 Å². The molecule has 2 aliphatic heterocycles. The SMILES string of the molecule is O=C(C1CCCN(c2ccc(-n3cccn3)nn2)C1)N1CCCc2ccccc21. The molecule has 0 bridgehead atoms. The third-order valence-corrected chi connectivity index (χ3v) is 5.85. The van der Waals surface area contributed by atoms with Crippen LogP contribution in [0.15, 0.2) is 54.9 Å². The number of anilines is 2. The molecule has 1 atom stereocenters. The second kappa shape index (κ2) is 7.66. The molecule has 2 aromatic heterocycles. The van der Waals surface area contributed by atoms with E-state index >= 15 is 0 Å². The van der Waals surface area contributed by atoms with Crippen LogP contribution in [0.1, 0.15) is 24.8 Å². The monoisotopic (exact) mass is 388 g/mol. The van der Waals surface area contributed by atoms with E-state index in [1.807, 2.05) is 35.4 Å². The number of aryl methyl sites for hydroxylation is 1. The molecule has 1 aromatic carbocycles. The summed E-state index contributed by atoms with van der Waals surface area (Å²) in [5, 5.41) is 12.9. The molecule has 1 unspecified atom stereocenters. The molecule has 4 heterocycles. The Hall–Kier alpha value is -3.22. The summed E-state index contributed by atoms with van der Waals surface area (Å²) in [7, 11) is 0. The van der Waals surface area contributed by atoms with Crippen molar-refractivity contribution in [1.29, 1.82) is 0 Å². The third-order valence-electron chi connectivity index (χ3n) is 5.85. The van der Waals surface area contributed by atoms with Crippen LogP contribution in [0, 0.1) is 5.92 Å². The summed E-state index contributed by atoms with van der Waals surface area (Å²) in [6, 6.07) is 14.0. The zero-order valence-corrected chi connectivity index (χ0v) is 16.3. The van der Waals surface area contributed by atoms with Gasteiger partial charge in [-0.05, 0) is 55.5 Å². The highest BCUT2D eigenvalue weighted by molar-refractivity contribution is 5.96. The second-order valence-corrected chi connectivity index (χ2v) is 7.71. The van der Waals surface area contributed by atoms with E-state index in [1.54, 1.807) is 10.9 Å². The highest BCUT2D eigenvalue weighted by atomic mass is 16.2. The predicted molar refractivity (Wildman–Crippen MR) is 111 cm³/mol. The number of aromatic nitrogens is 4. The Kier molecular flexibility index (Phi) is 4.71. The first-order valence-electron chi connectivity index (χ1n) is 10.3. The number of nitrogens with zero attached hydrogens (tertiary/aromatic N) is 6. The van der Waals surface area contributed by atoms with Gasteiger partial charge in [0.05, 0.1) is 5.92 Å². The fourth-order valence-electron chi connectivity index (χ4n) is 4.38. The highest BCUT2D eigenvalue weighted by Gasteiger charge is 2.32. The van der Waals surface area contributed by atoms with Gasteiger partial charge in [0.25, 0.3) is 0 Å². The van der Waals surface area contributed by atoms with Crippen LogP contribution in [0.25, 0.3) is 5.82 Å². The van der Waals surface area contributed by atoms with Crippen LogP contribution in [-0.2, 0) is 11.2 Å². The molecular formula is C22H24N6O. The van der Waals surface area contributed by atoms with Crippen LogP contribution in [-0.4, -0.2) is 45.5 Å². The van der Waals surface area contributed by atoms with Gasteiger partial charge in [0.15, 0.2) is 11.6 Å². The summed E-state index contributed by atoms with van der Waals surface area (Å²) < 4.78 is 1.69. The maximum absolute atomic E-state index is 13.4. The van der Waals surface area contributed by atoms with Crippen molar-refractivity contribution in [2.75, 3.05) is 29.4 Å². The van der Waals surface area contributed by atoms with Crippen molar-refractivity contribution >= 4 is 17.4 Å². The Bertz CT molecular complexity index is 985. The van der Waals surface area contributed by atoms with E-state index in [0.717, 1.165) is 50.3 Å². The van der Waals surface area contributed by atoms with Gasteiger partial charge in [-0.15, -0.1) is 10.2 Å². The molecule has 0 aliphatic carbocycles. The van der Waals surface area contributed by atoms with Gasteiger partial charge in [0.1, 0.15) is 0 Å². The molecule has 1 saturated heterocycles. The summed E-state index contributed by atoms with van der Waals surface area (Å²) in [6.45, 7) is 2.40. The molecule has 5 rings (SSSR count). The lowest BCUT2D eigenvalue weighted by Gasteiger charge is -2.37.